The Morgan fingerprint density at radius 3 is 1.71 bits per heavy atom. The van der Waals surface area contributed by atoms with E-state index in [1.54, 1.807) is 0 Å². The predicted octanol–water partition coefficient (Wildman–Crippen LogP) is -0.812. The molecule has 4 N–H and O–H groups in total. The quantitative estimate of drug-likeness (QED) is 0.413. The highest BCUT2D eigenvalue weighted by Gasteiger charge is 1.68. The fourth-order valence-corrected chi connectivity index (χ4v) is 0.354. The van der Waals surface area contributed by atoms with Crippen molar-refractivity contribution in [3.05, 3.63) is 0 Å². The van der Waals surface area contributed by atoms with Crippen LogP contribution in [0.25, 0.3) is 0 Å². The predicted molar refractivity (Wildman–Crippen MR) is 35.5 cm³/mol. The molecule has 2 nitrogen and oxygen atoms in total. The standard InChI is InChI=1S/C4H11B.2H2O/c1-2-3-4-5;;/h2-5H2,1H3;2*1H2. The summed E-state index contributed by atoms with van der Waals surface area (Å²) >= 11 is 0. The largest absolute Gasteiger partial charge is 0.412 e. The lowest BCUT2D eigenvalue weighted by Crippen LogP contribution is -1.63. The molecule has 0 atom stereocenters. The van der Waals surface area contributed by atoms with Gasteiger partial charge in [-0.1, -0.05) is 26.1 Å². The first kappa shape index (κ1) is 15.8. The Kier molecular flexibility index (Phi) is 37.6. The Hall–Kier alpha value is -0.0151. The van der Waals surface area contributed by atoms with Crippen molar-refractivity contribution in [1.82, 2.24) is 0 Å². The van der Waals surface area contributed by atoms with E-state index in [9.17, 15) is 0 Å². The highest BCUT2D eigenvalue weighted by molar-refractivity contribution is 6.08. The Labute approximate surface area is 45.9 Å². The molecule has 0 aliphatic carbocycles. The van der Waals surface area contributed by atoms with E-state index in [0.29, 0.717) is 0 Å². The highest BCUT2D eigenvalue weighted by Crippen LogP contribution is 1.86. The maximum atomic E-state index is 2.21. The summed E-state index contributed by atoms with van der Waals surface area (Å²) in [5.74, 6) is 0. The summed E-state index contributed by atoms with van der Waals surface area (Å²) in [5.41, 5.74) is 0. The van der Waals surface area contributed by atoms with Gasteiger partial charge in [-0.2, -0.15) is 0 Å². The van der Waals surface area contributed by atoms with Gasteiger partial charge in [0.25, 0.3) is 0 Å². The maximum absolute atomic E-state index is 2.21. The summed E-state index contributed by atoms with van der Waals surface area (Å²) in [6.07, 6.45) is 4.08. The minimum Gasteiger partial charge on any atom is -0.412 e. The minimum atomic E-state index is 0. The van der Waals surface area contributed by atoms with Crippen LogP contribution in [0.15, 0.2) is 0 Å². The van der Waals surface area contributed by atoms with Gasteiger partial charge in [-0.15, -0.1) is 0 Å². The summed E-state index contributed by atoms with van der Waals surface area (Å²) in [5, 5.41) is 0. The molecule has 0 heterocycles. The zero-order valence-corrected chi connectivity index (χ0v) is 5.12. The number of rotatable bonds is 2. The van der Waals surface area contributed by atoms with E-state index in [4.69, 9.17) is 0 Å². The molecule has 7 heavy (non-hydrogen) atoms. The van der Waals surface area contributed by atoms with Gasteiger partial charge < -0.3 is 11.0 Å². The van der Waals surface area contributed by atoms with Gasteiger partial charge in [0, 0.05) is 0 Å². The maximum Gasteiger partial charge on any atom is 0.101 e. The van der Waals surface area contributed by atoms with Crippen LogP contribution in [0.1, 0.15) is 19.8 Å². The van der Waals surface area contributed by atoms with Crippen molar-refractivity contribution in [3.63, 3.8) is 0 Å². The molecular formula is C4H15BO2. The molecule has 0 rings (SSSR count). The third kappa shape index (κ3) is 24.1. The van der Waals surface area contributed by atoms with Crippen LogP contribution in [0.2, 0.25) is 6.32 Å². The molecule has 0 aromatic heterocycles. The minimum absolute atomic E-state index is 0. The molecule has 46 valence electrons. The molecule has 0 saturated carbocycles. The second-order valence-corrected chi connectivity index (χ2v) is 1.35. The lowest BCUT2D eigenvalue weighted by atomic mass is 10.0. The molecule has 0 aliphatic heterocycles. The first-order valence-electron chi connectivity index (χ1n) is 2.41. The van der Waals surface area contributed by atoms with Gasteiger partial charge in [-0.05, 0) is 0 Å². The third-order valence-electron chi connectivity index (χ3n) is 0.707. The van der Waals surface area contributed by atoms with Crippen LogP contribution in [0.5, 0.6) is 0 Å². The average Bonchev–Trinajstić information content (AvgIpc) is 1.41. The van der Waals surface area contributed by atoms with Gasteiger partial charge in [-0.25, -0.2) is 0 Å². The summed E-state index contributed by atoms with van der Waals surface area (Å²) in [6.45, 7) is 2.21. The fourth-order valence-electron chi connectivity index (χ4n) is 0.354. The topological polar surface area (TPSA) is 63.0 Å². The van der Waals surface area contributed by atoms with Gasteiger partial charge in [0.1, 0.15) is 7.85 Å². The molecular weight excluding hydrogens is 90.9 g/mol. The van der Waals surface area contributed by atoms with Crippen LogP contribution in [0, 0.1) is 0 Å². The van der Waals surface area contributed by atoms with E-state index >= 15 is 0 Å². The van der Waals surface area contributed by atoms with E-state index in [1.165, 1.54) is 19.2 Å². The lowest BCUT2D eigenvalue weighted by Gasteiger charge is -1.78. The molecule has 0 aromatic rings. The molecule has 0 bridgehead atoms. The molecule has 0 radical (unpaired) electrons. The Morgan fingerprint density at radius 1 is 1.29 bits per heavy atom. The smallest absolute Gasteiger partial charge is 0.101 e. The molecule has 0 amide bonds. The Balaban J connectivity index is -0.0000000800. The third-order valence-corrected chi connectivity index (χ3v) is 0.707. The zero-order chi connectivity index (χ0) is 4.12. The van der Waals surface area contributed by atoms with Crippen molar-refractivity contribution in [2.75, 3.05) is 0 Å². The van der Waals surface area contributed by atoms with Gasteiger partial charge in [0.15, 0.2) is 0 Å². The van der Waals surface area contributed by atoms with Gasteiger partial charge in [-0.3, -0.25) is 0 Å². The molecule has 0 aromatic carbocycles. The van der Waals surface area contributed by atoms with Crippen LogP contribution in [-0.4, -0.2) is 18.8 Å². The van der Waals surface area contributed by atoms with Crippen molar-refractivity contribution < 1.29 is 11.0 Å². The number of unbranched alkanes of at least 4 members (excludes halogenated alkanes) is 1. The van der Waals surface area contributed by atoms with E-state index in [0.717, 1.165) is 0 Å². The molecule has 0 aliphatic rings. The van der Waals surface area contributed by atoms with Crippen LogP contribution in [-0.2, 0) is 0 Å². The molecule has 0 unspecified atom stereocenters. The van der Waals surface area contributed by atoms with E-state index in [-0.39, 0.29) is 11.0 Å². The highest BCUT2D eigenvalue weighted by atomic mass is 16.0. The Morgan fingerprint density at radius 2 is 1.71 bits per heavy atom. The SMILES string of the molecule is BCCCC.O.O. The summed E-state index contributed by atoms with van der Waals surface area (Å²) in [6, 6.07) is 0. The Bertz CT molecular complexity index is 17.2. The van der Waals surface area contributed by atoms with E-state index in [2.05, 4.69) is 14.8 Å². The average molecular weight is 106 g/mol. The summed E-state index contributed by atoms with van der Waals surface area (Å²) < 4.78 is 0. The second kappa shape index (κ2) is 16.7. The number of hydrogen-bond acceptors (Lipinski definition) is 0. The molecule has 3 heteroatoms. The molecule has 0 spiro atoms. The normalized spacial score (nSPS) is 5.86. The van der Waals surface area contributed by atoms with Crippen molar-refractivity contribution in [1.29, 1.82) is 0 Å². The molecule has 0 saturated heterocycles. The van der Waals surface area contributed by atoms with Crippen molar-refractivity contribution >= 4 is 7.85 Å². The van der Waals surface area contributed by atoms with Crippen LogP contribution < -0.4 is 0 Å². The summed E-state index contributed by atoms with van der Waals surface area (Å²) in [7, 11) is 2.21. The zero-order valence-electron chi connectivity index (χ0n) is 5.12. The van der Waals surface area contributed by atoms with Gasteiger partial charge in [0.2, 0.25) is 0 Å². The fraction of sp³-hybridized carbons (Fsp3) is 1.00. The van der Waals surface area contributed by atoms with Crippen LogP contribution in [0.3, 0.4) is 0 Å². The number of hydrogen-bond donors (Lipinski definition) is 0. The van der Waals surface area contributed by atoms with E-state index < -0.39 is 0 Å². The van der Waals surface area contributed by atoms with Crippen molar-refractivity contribution in [2.45, 2.75) is 26.1 Å². The summed E-state index contributed by atoms with van der Waals surface area (Å²) in [4.78, 5) is 0. The van der Waals surface area contributed by atoms with E-state index in [1.807, 2.05) is 0 Å². The van der Waals surface area contributed by atoms with Gasteiger partial charge in [0.05, 0.1) is 0 Å². The lowest BCUT2D eigenvalue weighted by molar-refractivity contribution is 0.823. The van der Waals surface area contributed by atoms with Crippen LogP contribution in [0.4, 0.5) is 0 Å². The second-order valence-electron chi connectivity index (χ2n) is 1.35. The monoisotopic (exact) mass is 106 g/mol. The first-order chi connectivity index (χ1) is 2.41. The first-order valence-corrected chi connectivity index (χ1v) is 2.41. The van der Waals surface area contributed by atoms with Crippen molar-refractivity contribution in [3.8, 4) is 0 Å². The van der Waals surface area contributed by atoms with Crippen molar-refractivity contribution in [2.24, 2.45) is 0 Å². The molecule has 0 fully saturated rings. The van der Waals surface area contributed by atoms with Gasteiger partial charge >= 0.3 is 0 Å². The van der Waals surface area contributed by atoms with Crippen LogP contribution >= 0.6 is 0 Å².